The predicted molar refractivity (Wildman–Crippen MR) is 76.6 cm³/mol. The maximum Gasteiger partial charge on any atom is 0.305 e. The van der Waals surface area contributed by atoms with Crippen LogP contribution in [0.25, 0.3) is 0 Å². The van der Waals surface area contributed by atoms with Gasteiger partial charge in [0.15, 0.2) is 0 Å². The summed E-state index contributed by atoms with van der Waals surface area (Å²) in [6.07, 6.45) is 5.15. The minimum Gasteiger partial charge on any atom is -0.469 e. The Hall–Kier alpha value is -1.92. The average molecular weight is 294 g/mol. The molecule has 1 heterocycles. The number of carbonyl (C=O) groups is 2. The van der Waals surface area contributed by atoms with Crippen LogP contribution in [0.4, 0.5) is 5.95 Å². The average Bonchev–Trinajstić information content (AvgIpc) is 3.08. The fourth-order valence-corrected chi connectivity index (χ4v) is 2.64. The van der Waals surface area contributed by atoms with Crippen molar-refractivity contribution in [3.05, 3.63) is 5.82 Å². The molecule has 1 aromatic rings. The van der Waals surface area contributed by atoms with E-state index in [1.54, 1.807) is 0 Å². The molecule has 1 unspecified atom stereocenters. The summed E-state index contributed by atoms with van der Waals surface area (Å²) in [4.78, 5) is 27.3. The lowest BCUT2D eigenvalue weighted by Gasteiger charge is -2.08. The van der Waals surface area contributed by atoms with Gasteiger partial charge in [-0.15, -0.1) is 5.10 Å². The number of methoxy groups -OCH3 is 1. The van der Waals surface area contributed by atoms with Crippen molar-refractivity contribution in [3.8, 4) is 0 Å². The molecule has 21 heavy (non-hydrogen) atoms. The van der Waals surface area contributed by atoms with Crippen LogP contribution in [0.5, 0.6) is 0 Å². The zero-order chi connectivity index (χ0) is 15.2. The number of aromatic nitrogens is 3. The van der Waals surface area contributed by atoms with Crippen LogP contribution in [-0.2, 0) is 14.3 Å². The topological polar surface area (TPSA) is 97.0 Å². The third-order valence-corrected chi connectivity index (χ3v) is 3.77. The SMILES string of the molecule is COC(=O)CC(C)CC(=O)Nc1n[nH]c(C2CCCC2)n1. The van der Waals surface area contributed by atoms with E-state index >= 15 is 0 Å². The summed E-state index contributed by atoms with van der Waals surface area (Å²) < 4.78 is 4.58. The predicted octanol–water partition coefficient (Wildman–Crippen LogP) is 1.99. The lowest BCUT2D eigenvalue weighted by atomic mass is 10.0. The molecular weight excluding hydrogens is 272 g/mol. The van der Waals surface area contributed by atoms with Crippen LogP contribution in [0.2, 0.25) is 0 Å². The molecule has 7 nitrogen and oxygen atoms in total. The number of nitrogens with zero attached hydrogens (tertiary/aromatic N) is 2. The van der Waals surface area contributed by atoms with Crippen LogP contribution in [-0.4, -0.2) is 34.2 Å². The van der Waals surface area contributed by atoms with Gasteiger partial charge in [0.2, 0.25) is 11.9 Å². The van der Waals surface area contributed by atoms with Crippen LogP contribution in [0.1, 0.15) is 57.2 Å². The molecule has 2 rings (SSSR count). The summed E-state index contributed by atoms with van der Waals surface area (Å²) in [7, 11) is 1.34. The van der Waals surface area contributed by atoms with Crippen molar-refractivity contribution >= 4 is 17.8 Å². The summed E-state index contributed by atoms with van der Waals surface area (Å²) in [5.41, 5.74) is 0. The van der Waals surface area contributed by atoms with Gasteiger partial charge < -0.3 is 4.74 Å². The maximum absolute atomic E-state index is 11.9. The fraction of sp³-hybridized carbons (Fsp3) is 0.714. The van der Waals surface area contributed by atoms with Crippen molar-refractivity contribution in [3.63, 3.8) is 0 Å². The number of hydrogen-bond donors (Lipinski definition) is 2. The molecule has 0 aromatic carbocycles. The molecule has 1 aromatic heterocycles. The Kier molecular flexibility index (Phi) is 5.30. The molecule has 1 aliphatic carbocycles. The number of anilines is 1. The molecular formula is C14H22N4O3. The molecule has 7 heteroatoms. The van der Waals surface area contributed by atoms with E-state index in [0.29, 0.717) is 11.9 Å². The van der Waals surface area contributed by atoms with Crippen molar-refractivity contribution in [1.29, 1.82) is 0 Å². The zero-order valence-corrected chi connectivity index (χ0v) is 12.5. The molecule has 1 aliphatic rings. The molecule has 0 spiro atoms. The van der Waals surface area contributed by atoms with E-state index in [4.69, 9.17) is 0 Å². The van der Waals surface area contributed by atoms with Gasteiger partial charge >= 0.3 is 5.97 Å². The highest BCUT2D eigenvalue weighted by molar-refractivity contribution is 5.89. The van der Waals surface area contributed by atoms with Gasteiger partial charge in [0.05, 0.1) is 7.11 Å². The molecule has 0 saturated heterocycles. The Morgan fingerprint density at radius 1 is 1.38 bits per heavy atom. The van der Waals surface area contributed by atoms with Gasteiger partial charge in [-0.1, -0.05) is 19.8 Å². The second-order valence-electron chi connectivity index (χ2n) is 5.66. The Bertz CT molecular complexity index is 494. The lowest BCUT2D eigenvalue weighted by Crippen LogP contribution is -2.18. The van der Waals surface area contributed by atoms with Crippen molar-refractivity contribution in [2.75, 3.05) is 12.4 Å². The van der Waals surface area contributed by atoms with Crippen LogP contribution in [0, 0.1) is 5.92 Å². The Morgan fingerprint density at radius 3 is 2.76 bits per heavy atom. The number of ether oxygens (including phenoxy) is 1. The molecule has 0 aliphatic heterocycles. The first-order chi connectivity index (χ1) is 10.1. The number of H-pyrrole nitrogens is 1. The molecule has 1 saturated carbocycles. The van der Waals surface area contributed by atoms with Crippen LogP contribution in [0.3, 0.4) is 0 Å². The third kappa shape index (κ3) is 4.54. The monoisotopic (exact) mass is 294 g/mol. The summed E-state index contributed by atoms with van der Waals surface area (Å²) >= 11 is 0. The van der Waals surface area contributed by atoms with E-state index in [-0.39, 0.29) is 30.6 Å². The van der Waals surface area contributed by atoms with E-state index in [1.807, 2.05) is 6.92 Å². The number of amides is 1. The Morgan fingerprint density at radius 2 is 2.10 bits per heavy atom. The van der Waals surface area contributed by atoms with E-state index < -0.39 is 0 Å². The number of aromatic amines is 1. The van der Waals surface area contributed by atoms with Gasteiger partial charge in [0.1, 0.15) is 5.82 Å². The number of nitrogens with one attached hydrogen (secondary N) is 2. The van der Waals surface area contributed by atoms with E-state index in [1.165, 1.54) is 20.0 Å². The lowest BCUT2D eigenvalue weighted by molar-refractivity contribution is -0.141. The molecule has 0 radical (unpaired) electrons. The number of hydrogen-bond acceptors (Lipinski definition) is 5. The fourth-order valence-electron chi connectivity index (χ4n) is 2.64. The molecule has 116 valence electrons. The van der Waals surface area contributed by atoms with Gasteiger partial charge in [-0.2, -0.15) is 4.98 Å². The van der Waals surface area contributed by atoms with Gasteiger partial charge in [0.25, 0.3) is 0 Å². The summed E-state index contributed by atoms with van der Waals surface area (Å²) in [5.74, 6) is 1.02. The number of rotatable bonds is 6. The molecule has 0 bridgehead atoms. The van der Waals surface area contributed by atoms with Crippen LogP contribution >= 0.6 is 0 Å². The minimum atomic E-state index is -0.309. The zero-order valence-electron chi connectivity index (χ0n) is 12.5. The second kappa shape index (κ2) is 7.19. The highest BCUT2D eigenvalue weighted by Crippen LogP contribution is 2.32. The molecule has 1 fully saturated rings. The van der Waals surface area contributed by atoms with Crippen molar-refractivity contribution < 1.29 is 14.3 Å². The highest BCUT2D eigenvalue weighted by Gasteiger charge is 2.21. The molecule has 2 N–H and O–H groups in total. The number of esters is 1. The Labute approximate surface area is 123 Å². The van der Waals surface area contributed by atoms with Crippen LogP contribution < -0.4 is 5.32 Å². The van der Waals surface area contributed by atoms with Gasteiger partial charge in [-0.25, -0.2) is 0 Å². The van der Waals surface area contributed by atoms with Crippen molar-refractivity contribution in [2.45, 2.75) is 51.4 Å². The molecule has 1 amide bonds. The van der Waals surface area contributed by atoms with Crippen molar-refractivity contribution in [2.24, 2.45) is 5.92 Å². The molecule has 1 atom stereocenters. The normalized spacial score (nSPS) is 16.7. The smallest absolute Gasteiger partial charge is 0.305 e. The van der Waals surface area contributed by atoms with Gasteiger partial charge in [-0.05, 0) is 18.8 Å². The van der Waals surface area contributed by atoms with E-state index in [9.17, 15) is 9.59 Å². The van der Waals surface area contributed by atoms with E-state index in [2.05, 4.69) is 25.2 Å². The van der Waals surface area contributed by atoms with Gasteiger partial charge in [0, 0.05) is 18.8 Å². The number of carbonyl (C=O) groups excluding carboxylic acids is 2. The highest BCUT2D eigenvalue weighted by atomic mass is 16.5. The minimum absolute atomic E-state index is 0.0781. The largest absolute Gasteiger partial charge is 0.469 e. The standard InChI is InChI=1S/C14H22N4O3/c1-9(8-12(20)21-2)7-11(19)15-14-16-13(17-18-14)10-5-3-4-6-10/h9-10H,3-8H2,1-2H3,(H2,15,16,17,18,19). The van der Waals surface area contributed by atoms with Crippen molar-refractivity contribution in [1.82, 2.24) is 15.2 Å². The summed E-state index contributed by atoms with van der Waals surface area (Å²) in [6.45, 7) is 1.83. The first-order valence-electron chi connectivity index (χ1n) is 7.37. The Balaban J connectivity index is 1.81. The van der Waals surface area contributed by atoms with Crippen LogP contribution in [0.15, 0.2) is 0 Å². The van der Waals surface area contributed by atoms with Gasteiger partial charge in [-0.3, -0.25) is 20.0 Å². The summed E-state index contributed by atoms with van der Waals surface area (Å²) in [5, 5.41) is 9.59. The summed E-state index contributed by atoms with van der Waals surface area (Å²) in [6, 6.07) is 0. The quantitative estimate of drug-likeness (QED) is 0.782. The first kappa shape index (κ1) is 15.5. The first-order valence-corrected chi connectivity index (χ1v) is 7.37. The third-order valence-electron chi connectivity index (χ3n) is 3.77. The van der Waals surface area contributed by atoms with E-state index in [0.717, 1.165) is 18.7 Å². The second-order valence-corrected chi connectivity index (χ2v) is 5.66. The maximum atomic E-state index is 11.9.